The Morgan fingerprint density at radius 1 is 1.25 bits per heavy atom. The van der Waals surface area contributed by atoms with Gasteiger partial charge >= 0.3 is 19.7 Å². The second-order valence-corrected chi connectivity index (χ2v) is 6.97. The molecule has 0 saturated carbocycles. The maximum Gasteiger partial charge on any atom is 0.576 e. The van der Waals surface area contributed by atoms with Crippen molar-refractivity contribution in [1.29, 1.82) is 0 Å². The first kappa shape index (κ1) is 14.6. The lowest BCUT2D eigenvalue weighted by molar-refractivity contribution is -0.102. The number of anilines is 1. The molecule has 130 valence electrons. The molecule has 1 amide bonds. The molecule has 5 bridgehead atoms. The van der Waals surface area contributed by atoms with E-state index in [9.17, 15) is 24.7 Å². The Labute approximate surface area is 133 Å². The van der Waals surface area contributed by atoms with Crippen LogP contribution in [0.15, 0.2) is 0 Å². The van der Waals surface area contributed by atoms with Gasteiger partial charge in [0.2, 0.25) is 0 Å². The maximum absolute atomic E-state index is 12.5. The van der Waals surface area contributed by atoms with Gasteiger partial charge in [0.25, 0.3) is 0 Å². The highest BCUT2D eigenvalue weighted by molar-refractivity contribution is 7.49. The van der Waals surface area contributed by atoms with Crippen molar-refractivity contribution >= 4 is 19.5 Å². The third-order valence-corrected chi connectivity index (χ3v) is 5.32. The lowest BCUT2D eigenvalue weighted by Gasteiger charge is -2.39. The van der Waals surface area contributed by atoms with Gasteiger partial charge in [-0.2, -0.15) is 19.3 Å². The van der Waals surface area contributed by atoms with Gasteiger partial charge in [-0.25, -0.2) is 14.2 Å². The topological polar surface area (TPSA) is 156 Å². The third-order valence-electron chi connectivity index (χ3n) is 4.14. The number of nitrogens with zero attached hydrogens (tertiary/aromatic N) is 4. The fourth-order valence-electron chi connectivity index (χ4n) is 3.06. The van der Waals surface area contributed by atoms with E-state index >= 15 is 0 Å². The molecule has 0 aliphatic carbocycles. The Morgan fingerprint density at radius 3 is 2.71 bits per heavy atom. The van der Waals surface area contributed by atoms with Crippen LogP contribution in [-0.4, -0.2) is 67.4 Å². The van der Waals surface area contributed by atoms with Gasteiger partial charge in [-0.1, -0.05) is 0 Å². The van der Waals surface area contributed by atoms with Crippen molar-refractivity contribution in [2.24, 2.45) is 0 Å². The normalized spacial score (nSPS) is 39.5. The zero-order chi connectivity index (χ0) is 16.8. The SMILES string of the molecule is O=C1c2nc3n([C@@H]4O[C@H](CO)[C@@H](O)[C@H]4O)c2N2CN1OP(=O)(O3)O2. The molecule has 1 unspecified atom stereocenters. The number of aromatic nitrogens is 2. The van der Waals surface area contributed by atoms with E-state index < -0.39 is 44.9 Å². The summed E-state index contributed by atoms with van der Waals surface area (Å²) < 4.78 is 34.3. The van der Waals surface area contributed by atoms with Gasteiger partial charge < -0.3 is 24.6 Å². The summed E-state index contributed by atoms with van der Waals surface area (Å²) >= 11 is 0. The molecule has 14 heteroatoms. The van der Waals surface area contributed by atoms with Crippen LogP contribution in [0.2, 0.25) is 0 Å². The number of phosphoric acid groups is 1. The number of carbonyl (C=O) groups is 1. The average molecular weight is 362 g/mol. The van der Waals surface area contributed by atoms with Gasteiger partial charge in [0, 0.05) is 0 Å². The van der Waals surface area contributed by atoms with Crippen molar-refractivity contribution in [3.63, 3.8) is 0 Å². The number of amides is 1. The van der Waals surface area contributed by atoms with E-state index in [-0.39, 0.29) is 24.2 Å². The molecule has 1 aromatic heterocycles. The number of hydroxylamine groups is 3. The van der Waals surface area contributed by atoms with Gasteiger partial charge in [0.15, 0.2) is 17.7 Å². The van der Waals surface area contributed by atoms with Crippen LogP contribution in [0, 0.1) is 0 Å². The van der Waals surface area contributed by atoms with E-state index in [4.69, 9.17) is 18.5 Å². The molecule has 2 saturated heterocycles. The average Bonchev–Trinajstić information content (AvgIpc) is 3.01. The highest BCUT2D eigenvalue weighted by atomic mass is 31.2. The van der Waals surface area contributed by atoms with E-state index in [0.717, 1.165) is 14.7 Å². The maximum atomic E-state index is 12.5. The van der Waals surface area contributed by atoms with E-state index in [2.05, 4.69) is 4.98 Å². The Kier molecular flexibility index (Phi) is 2.71. The Hall–Kier alpha value is -1.73. The van der Waals surface area contributed by atoms with Crippen LogP contribution < -0.4 is 9.59 Å². The van der Waals surface area contributed by atoms with Crippen molar-refractivity contribution in [3.05, 3.63) is 5.69 Å². The van der Waals surface area contributed by atoms with Crippen molar-refractivity contribution in [1.82, 2.24) is 14.6 Å². The van der Waals surface area contributed by atoms with Crippen LogP contribution in [-0.2, 0) is 18.6 Å². The second-order valence-electron chi connectivity index (χ2n) is 5.57. The van der Waals surface area contributed by atoms with Gasteiger partial charge in [-0.15, -0.1) is 0 Å². The number of hydrogen-bond donors (Lipinski definition) is 3. The molecule has 5 heterocycles. The fourth-order valence-corrected chi connectivity index (χ4v) is 4.22. The minimum absolute atomic E-state index is 0.0575. The first-order valence-corrected chi connectivity index (χ1v) is 8.41. The third kappa shape index (κ3) is 1.66. The molecule has 13 nitrogen and oxygen atoms in total. The van der Waals surface area contributed by atoms with Gasteiger partial charge in [0.1, 0.15) is 25.0 Å². The Bertz CT molecular complexity index is 798. The summed E-state index contributed by atoms with van der Waals surface area (Å²) in [5.41, 5.74) is -0.111. The highest BCUT2D eigenvalue weighted by Crippen LogP contribution is 2.60. The highest BCUT2D eigenvalue weighted by Gasteiger charge is 2.57. The second kappa shape index (κ2) is 4.46. The molecule has 24 heavy (non-hydrogen) atoms. The van der Waals surface area contributed by atoms with Crippen LogP contribution in [0.3, 0.4) is 0 Å². The first-order valence-electron chi connectivity index (χ1n) is 6.95. The molecule has 2 fully saturated rings. The van der Waals surface area contributed by atoms with E-state index in [1.165, 1.54) is 0 Å². The number of ether oxygens (including phenoxy) is 1. The van der Waals surface area contributed by atoms with E-state index in [1.807, 2.05) is 0 Å². The lowest BCUT2D eigenvalue weighted by Crippen LogP contribution is -2.50. The standard InChI is InChI=1S/C10H11N4O9P/c15-1-3-5(16)6(17)9(20-3)14-7-4-8(18)13-2-12(7)22-24(19,23-13)21-10(14)11-4/h3,5-6,9,15-17H,1-2H2/t3-,5-,6-,9-,24?/m1/s1. The summed E-state index contributed by atoms with van der Waals surface area (Å²) in [5.74, 6) is -0.595. The van der Waals surface area contributed by atoms with Crippen LogP contribution in [0.25, 0.3) is 0 Å². The smallest absolute Gasteiger partial charge is 0.394 e. The summed E-state index contributed by atoms with van der Waals surface area (Å²) in [6, 6.07) is -0.324. The molecular formula is C10H11N4O9P. The number of hydrogen-bond acceptors (Lipinski definition) is 11. The number of aliphatic hydroxyl groups is 3. The fraction of sp³-hybridized carbons (Fsp3) is 0.600. The predicted molar refractivity (Wildman–Crippen MR) is 69.2 cm³/mol. The molecule has 5 atom stereocenters. The number of aliphatic hydroxyl groups excluding tert-OH is 3. The van der Waals surface area contributed by atoms with Crippen molar-refractivity contribution in [2.45, 2.75) is 24.5 Å². The van der Waals surface area contributed by atoms with Gasteiger partial charge in [-0.05, 0) is 0 Å². The van der Waals surface area contributed by atoms with Crippen LogP contribution >= 0.6 is 7.82 Å². The summed E-state index contributed by atoms with van der Waals surface area (Å²) in [6.45, 7) is -0.727. The molecule has 5 rings (SSSR count). The van der Waals surface area contributed by atoms with E-state index in [1.54, 1.807) is 0 Å². The van der Waals surface area contributed by atoms with Gasteiger partial charge in [0.05, 0.1) is 6.61 Å². The molecule has 0 radical (unpaired) electrons. The first-order chi connectivity index (χ1) is 11.4. The molecule has 4 aliphatic heterocycles. The zero-order valence-electron chi connectivity index (χ0n) is 11.8. The molecule has 1 aromatic rings. The lowest BCUT2D eigenvalue weighted by atomic mass is 10.1. The molecule has 3 N–H and O–H groups in total. The minimum Gasteiger partial charge on any atom is -0.394 e. The van der Waals surface area contributed by atoms with Gasteiger partial charge in [-0.3, -0.25) is 4.79 Å². The Balaban J connectivity index is 1.69. The summed E-state index contributed by atoms with van der Waals surface area (Å²) in [6.07, 6.45) is -5.10. The monoisotopic (exact) mass is 362 g/mol. The number of fused-ring (bicyclic) bond motifs is 3. The molecule has 4 aliphatic rings. The summed E-state index contributed by atoms with van der Waals surface area (Å²) in [7, 11) is -4.16. The largest absolute Gasteiger partial charge is 0.576 e. The van der Waals surface area contributed by atoms with Crippen LogP contribution in [0.5, 0.6) is 6.01 Å². The summed E-state index contributed by atoms with van der Waals surface area (Å²) in [5, 5.41) is 31.2. The van der Waals surface area contributed by atoms with Crippen molar-refractivity contribution < 1.29 is 43.2 Å². The van der Waals surface area contributed by atoms with E-state index in [0.29, 0.717) is 0 Å². The zero-order valence-corrected chi connectivity index (χ0v) is 12.6. The van der Waals surface area contributed by atoms with Crippen LogP contribution in [0.1, 0.15) is 16.7 Å². The number of imidazole rings is 1. The molecule has 0 spiro atoms. The van der Waals surface area contributed by atoms with Crippen molar-refractivity contribution in [2.75, 3.05) is 18.3 Å². The number of carbonyl (C=O) groups excluding carboxylic acids is 1. The molecular weight excluding hydrogens is 351 g/mol. The van der Waals surface area contributed by atoms with Crippen LogP contribution in [0.4, 0.5) is 5.82 Å². The quantitative estimate of drug-likeness (QED) is 0.505. The molecule has 0 aromatic carbocycles. The van der Waals surface area contributed by atoms with Crippen molar-refractivity contribution in [3.8, 4) is 6.01 Å². The summed E-state index contributed by atoms with van der Waals surface area (Å²) in [4.78, 5) is 16.3. The Morgan fingerprint density at radius 2 is 2.00 bits per heavy atom. The predicted octanol–water partition coefficient (Wildman–Crippen LogP) is -1.91. The number of rotatable bonds is 2. The minimum atomic E-state index is -4.16.